The van der Waals surface area contributed by atoms with E-state index in [1.165, 1.54) is 14.0 Å². The number of benzene rings is 3. The number of carboxylic acids is 1. The molecule has 27 heavy (non-hydrogen) atoms. The minimum absolute atomic E-state index is 0.0786. The van der Waals surface area contributed by atoms with Gasteiger partial charge in [-0.05, 0) is 28.8 Å². The van der Waals surface area contributed by atoms with E-state index in [9.17, 15) is 14.7 Å². The van der Waals surface area contributed by atoms with Crippen LogP contribution in [0, 0.1) is 0 Å². The van der Waals surface area contributed by atoms with E-state index in [2.05, 4.69) is 0 Å². The molecule has 1 N–H and O–H groups in total. The van der Waals surface area contributed by atoms with E-state index in [-0.39, 0.29) is 6.61 Å². The molecular weight excluding hydrogens is 342 g/mol. The summed E-state index contributed by atoms with van der Waals surface area (Å²) in [6, 6.07) is 22.2. The second-order valence-electron chi connectivity index (χ2n) is 6.50. The molecule has 0 radical (unpaired) electrons. The second kappa shape index (κ2) is 7.50. The Hall–Kier alpha value is -3.34. The summed E-state index contributed by atoms with van der Waals surface area (Å²) in [5.41, 5.74) is -0.206. The highest BCUT2D eigenvalue weighted by Crippen LogP contribution is 2.34. The smallest absolute Gasteiger partial charge is 0.411 e. The SMILES string of the molecule is CN(C(=O)OCc1ccccc1)[C@@](C)(C(=O)O)c1cccc2ccccc12. The largest absolute Gasteiger partial charge is 0.479 e. The number of carbonyl (C=O) groups excluding carboxylic acids is 1. The van der Waals surface area contributed by atoms with E-state index in [4.69, 9.17) is 4.74 Å². The lowest BCUT2D eigenvalue weighted by molar-refractivity contribution is -0.149. The van der Waals surface area contributed by atoms with Crippen molar-refractivity contribution < 1.29 is 19.4 Å². The summed E-state index contributed by atoms with van der Waals surface area (Å²) in [5.74, 6) is -1.13. The number of ether oxygens (including phenoxy) is 1. The maximum absolute atomic E-state index is 12.6. The van der Waals surface area contributed by atoms with Crippen LogP contribution in [0.5, 0.6) is 0 Å². The van der Waals surface area contributed by atoms with Crippen LogP contribution in [0.25, 0.3) is 10.8 Å². The molecular formula is C22H21NO4. The molecule has 0 aromatic heterocycles. The van der Waals surface area contributed by atoms with Crippen LogP contribution in [-0.2, 0) is 21.7 Å². The van der Waals surface area contributed by atoms with E-state index < -0.39 is 17.6 Å². The Morgan fingerprint density at radius 2 is 1.59 bits per heavy atom. The number of nitrogens with zero attached hydrogens (tertiary/aromatic N) is 1. The monoisotopic (exact) mass is 363 g/mol. The van der Waals surface area contributed by atoms with Crippen LogP contribution < -0.4 is 0 Å². The average molecular weight is 363 g/mol. The van der Waals surface area contributed by atoms with E-state index in [1.54, 1.807) is 12.1 Å². The standard InChI is InChI=1S/C22H21NO4/c1-22(20(24)25,19-14-8-12-17-11-6-7-13-18(17)19)23(2)21(26)27-15-16-9-4-3-5-10-16/h3-14H,15H2,1-2H3,(H,24,25)/t22-/m1/s1. The molecule has 138 valence electrons. The van der Waals surface area contributed by atoms with Crippen molar-refractivity contribution in [3.05, 3.63) is 83.9 Å². The van der Waals surface area contributed by atoms with Crippen LogP contribution in [0.3, 0.4) is 0 Å². The van der Waals surface area contributed by atoms with E-state index in [1.807, 2.05) is 60.7 Å². The molecule has 0 unspecified atom stereocenters. The van der Waals surface area contributed by atoms with Gasteiger partial charge in [0.05, 0.1) is 0 Å². The fourth-order valence-corrected chi connectivity index (χ4v) is 3.09. The molecule has 0 bridgehead atoms. The first-order valence-electron chi connectivity index (χ1n) is 8.60. The van der Waals surface area contributed by atoms with Crippen molar-refractivity contribution in [3.63, 3.8) is 0 Å². The van der Waals surface area contributed by atoms with Crippen LogP contribution in [0.2, 0.25) is 0 Å². The molecule has 5 heteroatoms. The summed E-state index contributed by atoms with van der Waals surface area (Å²) in [6.45, 7) is 1.59. The first kappa shape index (κ1) is 18.5. The first-order chi connectivity index (χ1) is 12.9. The van der Waals surface area contributed by atoms with Crippen LogP contribution >= 0.6 is 0 Å². The molecule has 0 heterocycles. The predicted molar refractivity (Wildman–Crippen MR) is 103 cm³/mol. The van der Waals surface area contributed by atoms with Crippen LogP contribution in [0.1, 0.15) is 18.1 Å². The van der Waals surface area contributed by atoms with E-state index >= 15 is 0 Å². The lowest BCUT2D eigenvalue weighted by atomic mass is 9.86. The van der Waals surface area contributed by atoms with Crippen molar-refractivity contribution in [3.8, 4) is 0 Å². The lowest BCUT2D eigenvalue weighted by Gasteiger charge is -2.35. The van der Waals surface area contributed by atoms with Gasteiger partial charge in [0.2, 0.25) is 0 Å². The molecule has 0 saturated heterocycles. The van der Waals surface area contributed by atoms with Gasteiger partial charge in [0.15, 0.2) is 5.54 Å². The maximum Gasteiger partial charge on any atom is 0.411 e. The Morgan fingerprint density at radius 1 is 0.963 bits per heavy atom. The molecule has 0 aliphatic heterocycles. The Balaban J connectivity index is 1.93. The van der Waals surface area contributed by atoms with Gasteiger partial charge in [-0.3, -0.25) is 4.90 Å². The Labute approximate surface area is 157 Å². The molecule has 0 spiro atoms. The summed E-state index contributed by atoms with van der Waals surface area (Å²) >= 11 is 0. The number of likely N-dealkylation sites (N-methyl/N-ethyl adjacent to an activating group) is 1. The highest BCUT2D eigenvalue weighted by Gasteiger charge is 2.43. The first-order valence-corrected chi connectivity index (χ1v) is 8.60. The number of amides is 1. The molecule has 5 nitrogen and oxygen atoms in total. The number of aliphatic carboxylic acids is 1. The highest BCUT2D eigenvalue weighted by atomic mass is 16.6. The van der Waals surface area contributed by atoms with Crippen molar-refractivity contribution in [2.45, 2.75) is 19.1 Å². The topological polar surface area (TPSA) is 66.8 Å². The van der Waals surface area contributed by atoms with Gasteiger partial charge < -0.3 is 9.84 Å². The lowest BCUT2D eigenvalue weighted by Crippen LogP contribution is -2.50. The zero-order chi connectivity index (χ0) is 19.4. The summed E-state index contributed by atoms with van der Waals surface area (Å²) < 4.78 is 5.34. The van der Waals surface area contributed by atoms with Gasteiger partial charge in [-0.15, -0.1) is 0 Å². The molecule has 3 rings (SSSR count). The Kier molecular flexibility index (Phi) is 5.12. The predicted octanol–water partition coefficient (Wildman–Crippen LogP) is 4.41. The van der Waals surface area contributed by atoms with Crippen molar-refractivity contribution >= 4 is 22.8 Å². The zero-order valence-corrected chi connectivity index (χ0v) is 15.3. The van der Waals surface area contributed by atoms with Crippen LogP contribution in [-0.4, -0.2) is 29.1 Å². The summed E-state index contributed by atoms with van der Waals surface area (Å²) in [5, 5.41) is 11.7. The molecule has 1 atom stereocenters. The molecule has 0 aliphatic rings. The van der Waals surface area contributed by atoms with Gasteiger partial charge in [-0.25, -0.2) is 9.59 Å². The van der Waals surface area contributed by atoms with Crippen LogP contribution in [0.15, 0.2) is 72.8 Å². The van der Waals surface area contributed by atoms with Gasteiger partial charge in [-0.2, -0.15) is 0 Å². The van der Waals surface area contributed by atoms with Crippen molar-refractivity contribution in [2.24, 2.45) is 0 Å². The Morgan fingerprint density at radius 3 is 2.30 bits per heavy atom. The number of rotatable bonds is 5. The number of hydrogen-bond donors (Lipinski definition) is 1. The minimum Gasteiger partial charge on any atom is -0.479 e. The van der Waals surface area contributed by atoms with Gasteiger partial charge >= 0.3 is 12.1 Å². The molecule has 3 aromatic rings. The van der Waals surface area contributed by atoms with E-state index in [0.717, 1.165) is 21.2 Å². The van der Waals surface area contributed by atoms with Gasteiger partial charge in [-0.1, -0.05) is 72.8 Å². The molecule has 0 aliphatic carbocycles. The summed E-state index contributed by atoms with van der Waals surface area (Å²) in [6.07, 6.45) is -0.698. The Bertz CT molecular complexity index is 965. The third-order valence-corrected chi connectivity index (χ3v) is 4.88. The second-order valence-corrected chi connectivity index (χ2v) is 6.50. The summed E-state index contributed by atoms with van der Waals surface area (Å²) in [4.78, 5) is 26.0. The fraction of sp³-hybridized carbons (Fsp3) is 0.182. The molecule has 3 aromatic carbocycles. The average Bonchev–Trinajstić information content (AvgIpc) is 2.71. The van der Waals surface area contributed by atoms with Crippen molar-refractivity contribution in [1.29, 1.82) is 0 Å². The highest BCUT2D eigenvalue weighted by molar-refractivity contribution is 5.94. The summed E-state index contributed by atoms with van der Waals surface area (Å²) in [7, 11) is 1.45. The normalized spacial score (nSPS) is 13.0. The molecule has 0 fully saturated rings. The number of fused-ring (bicyclic) bond motifs is 1. The third kappa shape index (κ3) is 3.49. The number of carboxylic acid groups (broad SMARTS) is 1. The quantitative estimate of drug-likeness (QED) is 0.729. The zero-order valence-electron chi connectivity index (χ0n) is 15.3. The minimum atomic E-state index is -1.57. The fourth-order valence-electron chi connectivity index (χ4n) is 3.09. The van der Waals surface area contributed by atoms with E-state index in [0.29, 0.717) is 5.56 Å². The third-order valence-electron chi connectivity index (χ3n) is 4.88. The number of carbonyl (C=O) groups is 2. The number of hydrogen-bond acceptors (Lipinski definition) is 3. The molecule has 0 saturated carbocycles. The van der Waals surface area contributed by atoms with Gasteiger partial charge in [0.25, 0.3) is 0 Å². The van der Waals surface area contributed by atoms with Gasteiger partial charge in [0, 0.05) is 7.05 Å². The van der Waals surface area contributed by atoms with Crippen molar-refractivity contribution in [1.82, 2.24) is 4.90 Å². The van der Waals surface area contributed by atoms with Crippen molar-refractivity contribution in [2.75, 3.05) is 7.05 Å². The van der Waals surface area contributed by atoms with Crippen LogP contribution in [0.4, 0.5) is 4.79 Å². The maximum atomic E-state index is 12.6. The molecule has 1 amide bonds. The van der Waals surface area contributed by atoms with Gasteiger partial charge in [0.1, 0.15) is 6.61 Å².